The number of aromatic nitrogens is 1. The SMILES string of the molecule is Cc1ccc(NC(C)c2ccc3c(c2)OCCO3)c(C)n1. The monoisotopic (exact) mass is 284 g/mol. The molecule has 0 spiro atoms. The number of benzene rings is 1. The van der Waals surface area contributed by atoms with Gasteiger partial charge in [-0.25, -0.2) is 0 Å². The fourth-order valence-electron chi connectivity index (χ4n) is 2.48. The number of fused-ring (bicyclic) bond motifs is 1. The van der Waals surface area contributed by atoms with Crippen molar-refractivity contribution in [1.29, 1.82) is 0 Å². The lowest BCUT2D eigenvalue weighted by molar-refractivity contribution is 0.171. The van der Waals surface area contributed by atoms with E-state index in [-0.39, 0.29) is 6.04 Å². The van der Waals surface area contributed by atoms with Gasteiger partial charge in [0.25, 0.3) is 0 Å². The number of anilines is 1. The summed E-state index contributed by atoms with van der Waals surface area (Å²) < 4.78 is 11.2. The number of ether oxygens (including phenoxy) is 2. The Morgan fingerprint density at radius 2 is 1.81 bits per heavy atom. The van der Waals surface area contributed by atoms with E-state index >= 15 is 0 Å². The van der Waals surface area contributed by atoms with Gasteiger partial charge in [-0.05, 0) is 50.6 Å². The van der Waals surface area contributed by atoms with Gasteiger partial charge in [0, 0.05) is 11.7 Å². The van der Waals surface area contributed by atoms with Crippen molar-refractivity contribution in [3.63, 3.8) is 0 Å². The first-order chi connectivity index (χ1) is 10.1. The van der Waals surface area contributed by atoms with Crippen LogP contribution in [0.1, 0.15) is 29.9 Å². The van der Waals surface area contributed by atoms with Crippen LogP contribution in [0.5, 0.6) is 11.5 Å². The zero-order valence-electron chi connectivity index (χ0n) is 12.6. The van der Waals surface area contributed by atoms with E-state index in [4.69, 9.17) is 9.47 Å². The standard InChI is InChI=1S/C17H20N2O2/c1-11-4-6-15(13(3)18-11)19-12(2)14-5-7-16-17(10-14)21-9-8-20-16/h4-7,10,12,19H,8-9H2,1-3H3. The van der Waals surface area contributed by atoms with Crippen molar-refractivity contribution in [2.75, 3.05) is 18.5 Å². The maximum atomic E-state index is 5.64. The van der Waals surface area contributed by atoms with Crippen LogP contribution in [0.25, 0.3) is 0 Å². The van der Waals surface area contributed by atoms with Gasteiger partial charge in [0.1, 0.15) is 13.2 Å². The third-order valence-electron chi connectivity index (χ3n) is 3.66. The van der Waals surface area contributed by atoms with Gasteiger partial charge in [-0.1, -0.05) is 6.07 Å². The van der Waals surface area contributed by atoms with Gasteiger partial charge in [0.2, 0.25) is 0 Å². The molecule has 1 aliphatic rings. The molecule has 4 nitrogen and oxygen atoms in total. The first-order valence-corrected chi connectivity index (χ1v) is 7.24. The largest absolute Gasteiger partial charge is 0.486 e. The van der Waals surface area contributed by atoms with Gasteiger partial charge in [0.05, 0.1) is 11.4 Å². The van der Waals surface area contributed by atoms with Gasteiger partial charge in [-0.2, -0.15) is 0 Å². The van der Waals surface area contributed by atoms with Crippen molar-refractivity contribution >= 4 is 5.69 Å². The van der Waals surface area contributed by atoms with Crippen molar-refractivity contribution < 1.29 is 9.47 Å². The van der Waals surface area contributed by atoms with Gasteiger partial charge >= 0.3 is 0 Å². The van der Waals surface area contributed by atoms with Crippen molar-refractivity contribution in [1.82, 2.24) is 4.98 Å². The fourth-order valence-corrected chi connectivity index (χ4v) is 2.48. The molecule has 21 heavy (non-hydrogen) atoms. The van der Waals surface area contributed by atoms with Crippen molar-refractivity contribution in [2.45, 2.75) is 26.8 Å². The first kappa shape index (κ1) is 13.7. The fraction of sp³-hybridized carbons (Fsp3) is 0.353. The van der Waals surface area contributed by atoms with E-state index in [9.17, 15) is 0 Å². The molecule has 3 rings (SSSR count). The van der Waals surface area contributed by atoms with Crippen LogP contribution in [0.3, 0.4) is 0 Å². The molecular weight excluding hydrogens is 264 g/mol. The van der Waals surface area contributed by atoms with Gasteiger partial charge in [-0.15, -0.1) is 0 Å². The van der Waals surface area contributed by atoms with E-state index in [1.165, 1.54) is 5.56 Å². The molecule has 0 fully saturated rings. The molecule has 1 aromatic carbocycles. The van der Waals surface area contributed by atoms with E-state index in [0.29, 0.717) is 13.2 Å². The smallest absolute Gasteiger partial charge is 0.161 e. The number of aryl methyl sites for hydroxylation is 2. The van der Waals surface area contributed by atoms with Crippen molar-refractivity contribution in [3.05, 3.63) is 47.3 Å². The number of hydrogen-bond donors (Lipinski definition) is 1. The molecule has 2 aromatic rings. The van der Waals surface area contributed by atoms with Gasteiger partial charge in [-0.3, -0.25) is 4.98 Å². The summed E-state index contributed by atoms with van der Waals surface area (Å²) in [6.07, 6.45) is 0. The molecule has 1 aromatic heterocycles. The normalized spacial score (nSPS) is 14.6. The van der Waals surface area contributed by atoms with Crippen molar-refractivity contribution in [3.8, 4) is 11.5 Å². The molecule has 1 atom stereocenters. The summed E-state index contributed by atoms with van der Waals surface area (Å²) in [5.74, 6) is 1.65. The molecule has 0 saturated heterocycles. The maximum absolute atomic E-state index is 5.64. The highest BCUT2D eigenvalue weighted by Crippen LogP contribution is 2.33. The van der Waals surface area contributed by atoms with Crippen LogP contribution in [-0.4, -0.2) is 18.2 Å². The molecule has 0 amide bonds. The summed E-state index contributed by atoms with van der Waals surface area (Å²) in [5, 5.41) is 3.50. The topological polar surface area (TPSA) is 43.4 Å². The van der Waals surface area contributed by atoms with Crippen LogP contribution in [0.4, 0.5) is 5.69 Å². The number of nitrogens with zero attached hydrogens (tertiary/aromatic N) is 1. The minimum absolute atomic E-state index is 0.170. The molecule has 0 radical (unpaired) electrons. The van der Waals surface area contributed by atoms with Crippen LogP contribution in [0.15, 0.2) is 30.3 Å². The molecule has 0 saturated carbocycles. The summed E-state index contributed by atoms with van der Waals surface area (Å²) in [6.45, 7) is 7.38. The molecule has 0 bridgehead atoms. The van der Waals surface area contributed by atoms with E-state index in [0.717, 1.165) is 28.6 Å². The number of rotatable bonds is 3. The second-order valence-electron chi connectivity index (χ2n) is 5.35. The summed E-state index contributed by atoms with van der Waals surface area (Å²) in [6, 6.07) is 10.4. The van der Waals surface area contributed by atoms with Crippen LogP contribution in [-0.2, 0) is 0 Å². The highest BCUT2D eigenvalue weighted by Gasteiger charge is 2.15. The zero-order chi connectivity index (χ0) is 14.8. The van der Waals surface area contributed by atoms with Gasteiger partial charge in [0.15, 0.2) is 11.5 Å². The Morgan fingerprint density at radius 3 is 2.57 bits per heavy atom. The molecule has 1 unspecified atom stereocenters. The lowest BCUT2D eigenvalue weighted by Crippen LogP contribution is -2.16. The predicted octanol–water partition coefficient (Wildman–Crippen LogP) is 3.64. The number of hydrogen-bond acceptors (Lipinski definition) is 4. The summed E-state index contributed by atoms with van der Waals surface area (Å²) in [5.41, 5.74) is 4.27. The highest BCUT2D eigenvalue weighted by molar-refractivity contribution is 5.51. The minimum Gasteiger partial charge on any atom is -0.486 e. The Morgan fingerprint density at radius 1 is 1.05 bits per heavy atom. The Kier molecular flexibility index (Phi) is 3.69. The predicted molar refractivity (Wildman–Crippen MR) is 83.2 cm³/mol. The summed E-state index contributed by atoms with van der Waals surface area (Å²) in [7, 11) is 0. The average molecular weight is 284 g/mol. The van der Waals surface area contributed by atoms with Crippen LogP contribution < -0.4 is 14.8 Å². The van der Waals surface area contributed by atoms with E-state index in [2.05, 4.69) is 29.4 Å². The lowest BCUT2D eigenvalue weighted by atomic mass is 10.1. The number of nitrogens with one attached hydrogen (secondary N) is 1. The first-order valence-electron chi connectivity index (χ1n) is 7.24. The molecule has 2 heterocycles. The quantitative estimate of drug-likeness (QED) is 0.934. The van der Waals surface area contributed by atoms with Crippen LogP contribution in [0, 0.1) is 13.8 Å². The molecule has 110 valence electrons. The molecule has 1 aliphatic heterocycles. The Labute approximate surface area is 125 Å². The lowest BCUT2D eigenvalue weighted by Gasteiger charge is -2.22. The summed E-state index contributed by atoms with van der Waals surface area (Å²) in [4.78, 5) is 4.48. The Hall–Kier alpha value is -2.23. The van der Waals surface area contributed by atoms with Crippen LogP contribution in [0.2, 0.25) is 0 Å². The Bertz CT molecular complexity index is 655. The molecule has 4 heteroatoms. The molecule has 0 aliphatic carbocycles. The van der Waals surface area contributed by atoms with Crippen molar-refractivity contribution in [2.24, 2.45) is 0 Å². The van der Waals surface area contributed by atoms with Crippen LogP contribution >= 0.6 is 0 Å². The molecular formula is C17H20N2O2. The third-order valence-corrected chi connectivity index (χ3v) is 3.66. The zero-order valence-corrected chi connectivity index (χ0v) is 12.6. The minimum atomic E-state index is 0.170. The third kappa shape index (κ3) is 2.94. The van der Waals surface area contributed by atoms with E-state index < -0.39 is 0 Å². The van der Waals surface area contributed by atoms with E-state index in [1.807, 2.05) is 32.0 Å². The number of pyridine rings is 1. The highest BCUT2D eigenvalue weighted by atomic mass is 16.6. The Balaban J connectivity index is 1.80. The van der Waals surface area contributed by atoms with E-state index in [1.54, 1.807) is 0 Å². The second kappa shape index (κ2) is 5.64. The average Bonchev–Trinajstić information content (AvgIpc) is 2.49. The molecule has 1 N–H and O–H groups in total. The summed E-state index contributed by atoms with van der Waals surface area (Å²) >= 11 is 0. The van der Waals surface area contributed by atoms with Gasteiger partial charge < -0.3 is 14.8 Å². The second-order valence-corrected chi connectivity index (χ2v) is 5.35. The maximum Gasteiger partial charge on any atom is 0.161 e.